The molecular weight excluding hydrogens is 282 g/mol. The number of nitrogens with one attached hydrogen (secondary N) is 2. The lowest BCUT2D eigenvalue weighted by Crippen LogP contribution is -2.41. The van der Waals surface area contributed by atoms with Crippen molar-refractivity contribution in [1.29, 1.82) is 0 Å². The van der Waals surface area contributed by atoms with Gasteiger partial charge in [0.15, 0.2) is 5.96 Å². The number of hydrogen-bond donors (Lipinski definition) is 3. The highest BCUT2D eigenvalue weighted by Gasteiger charge is 2.28. The fourth-order valence-electron chi connectivity index (χ4n) is 2.73. The first-order valence-electron chi connectivity index (χ1n) is 7.93. The Labute approximate surface area is 131 Å². The summed E-state index contributed by atoms with van der Waals surface area (Å²) in [5, 5.41) is 19.3. The summed E-state index contributed by atoms with van der Waals surface area (Å²) in [6.45, 7) is 5.50. The SMILES string of the molecule is CCNC(=NCC1(O)CCCCC1)NC(C)c1cccs1. The number of hydrogen-bond acceptors (Lipinski definition) is 3. The first-order chi connectivity index (χ1) is 10.1. The van der Waals surface area contributed by atoms with E-state index in [0.717, 1.165) is 38.2 Å². The molecular formula is C16H27N3OS. The average Bonchev–Trinajstić information content (AvgIpc) is 3.00. The van der Waals surface area contributed by atoms with Gasteiger partial charge in [0.25, 0.3) is 0 Å². The summed E-state index contributed by atoms with van der Waals surface area (Å²) in [5.74, 6) is 0.789. The van der Waals surface area contributed by atoms with Crippen LogP contribution in [0.2, 0.25) is 0 Å². The molecule has 1 aliphatic rings. The quantitative estimate of drug-likeness (QED) is 0.579. The van der Waals surface area contributed by atoms with E-state index < -0.39 is 5.60 Å². The summed E-state index contributed by atoms with van der Waals surface area (Å²) in [6, 6.07) is 4.41. The molecule has 1 saturated carbocycles. The Morgan fingerprint density at radius 2 is 2.19 bits per heavy atom. The number of rotatable bonds is 5. The fourth-order valence-corrected chi connectivity index (χ4v) is 3.46. The standard InChI is InChI=1S/C16H27N3OS/c1-3-17-15(19-13(2)14-8-7-11-21-14)18-12-16(20)9-5-4-6-10-16/h7-8,11,13,20H,3-6,9-10,12H2,1-2H3,(H2,17,18,19). The van der Waals surface area contributed by atoms with E-state index in [2.05, 4.69) is 47.0 Å². The molecule has 21 heavy (non-hydrogen) atoms. The molecule has 0 spiro atoms. The zero-order chi connectivity index (χ0) is 15.1. The summed E-state index contributed by atoms with van der Waals surface area (Å²) >= 11 is 1.74. The Balaban J connectivity index is 1.95. The molecule has 1 aromatic heterocycles. The fraction of sp³-hybridized carbons (Fsp3) is 0.688. The van der Waals surface area contributed by atoms with Crippen molar-refractivity contribution >= 4 is 17.3 Å². The molecule has 1 atom stereocenters. The van der Waals surface area contributed by atoms with Gasteiger partial charge in [0.1, 0.15) is 0 Å². The van der Waals surface area contributed by atoms with Crippen LogP contribution in [0.5, 0.6) is 0 Å². The minimum absolute atomic E-state index is 0.226. The van der Waals surface area contributed by atoms with Gasteiger partial charge in [0.2, 0.25) is 0 Å². The lowest BCUT2D eigenvalue weighted by atomic mass is 9.85. The van der Waals surface area contributed by atoms with Gasteiger partial charge in [-0.2, -0.15) is 0 Å². The first kappa shape index (κ1) is 16.3. The predicted molar refractivity (Wildman–Crippen MR) is 89.9 cm³/mol. The highest BCUT2D eigenvalue weighted by molar-refractivity contribution is 7.10. The lowest BCUT2D eigenvalue weighted by Gasteiger charge is -2.30. The second-order valence-corrected chi connectivity index (χ2v) is 6.84. The predicted octanol–water partition coefficient (Wildman–Crippen LogP) is 3.06. The Morgan fingerprint density at radius 1 is 1.43 bits per heavy atom. The zero-order valence-corrected chi connectivity index (χ0v) is 13.9. The van der Waals surface area contributed by atoms with Gasteiger partial charge in [0.05, 0.1) is 18.2 Å². The summed E-state index contributed by atoms with van der Waals surface area (Å²) in [5.41, 5.74) is -0.604. The van der Waals surface area contributed by atoms with E-state index in [1.165, 1.54) is 11.3 Å². The maximum Gasteiger partial charge on any atom is 0.191 e. The van der Waals surface area contributed by atoms with E-state index in [1.807, 2.05) is 0 Å². The van der Waals surface area contributed by atoms with Crippen LogP contribution in [0.15, 0.2) is 22.5 Å². The molecule has 0 radical (unpaired) electrons. The normalized spacial score (nSPS) is 20.0. The Bertz CT molecular complexity index is 438. The van der Waals surface area contributed by atoms with E-state index in [0.29, 0.717) is 6.54 Å². The highest BCUT2D eigenvalue weighted by Crippen LogP contribution is 2.28. The van der Waals surface area contributed by atoms with Crippen LogP contribution in [0.1, 0.15) is 56.9 Å². The maximum atomic E-state index is 10.5. The van der Waals surface area contributed by atoms with Gasteiger partial charge >= 0.3 is 0 Å². The van der Waals surface area contributed by atoms with Crippen molar-refractivity contribution in [2.45, 2.75) is 57.6 Å². The molecule has 5 heteroatoms. The van der Waals surface area contributed by atoms with E-state index in [1.54, 1.807) is 11.3 Å². The monoisotopic (exact) mass is 309 g/mol. The highest BCUT2D eigenvalue weighted by atomic mass is 32.1. The van der Waals surface area contributed by atoms with Crippen LogP contribution in [-0.4, -0.2) is 29.8 Å². The van der Waals surface area contributed by atoms with Crippen LogP contribution in [0.3, 0.4) is 0 Å². The third-order valence-electron chi connectivity index (χ3n) is 3.98. The van der Waals surface area contributed by atoms with E-state index in [4.69, 9.17) is 0 Å². The van der Waals surface area contributed by atoms with Crippen molar-refractivity contribution in [3.8, 4) is 0 Å². The number of aliphatic imine (C=N–C) groups is 1. The molecule has 0 bridgehead atoms. The maximum absolute atomic E-state index is 10.5. The Kier molecular flexibility index (Phi) is 6.06. The molecule has 0 saturated heterocycles. The molecule has 1 unspecified atom stereocenters. The second-order valence-electron chi connectivity index (χ2n) is 5.86. The molecule has 1 heterocycles. The Hall–Kier alpha value is -1.07. The van der Waals surface area contributed by atoms with Gasteiger partial charge < -0.3 is 15.7 Å². The molecule has 118 valence electrons. The van der Waals surface area contributed by atoms with Gasteiger partial charge in [0, 0.05) is 11.4 Å². The zero-order valence-electron chi connectivity index (χ0n) is 13.1. The molecule has 4 nitrogen and oxygen atoms in total. The summed E-state index contributed by atoms with van der Waals surface area (Å²) < 4.78 is 0. The molecule has 1 aliphatic carbocycles. The second kappa shape index (κ2) is 7.80. The summed E-state index contributed by atoms with van der Waals surface area (Å²) in [6.07, 6.45) is 5.20. The van der Waals surface area contributed by atoms with Crippen LogP contribution < -0.4 is 10.6 Å². The Morgan fingerprint density at radius 3 is 2.81 bits per heavy atom. The van der Waals surface area contributed by atoms with E-state index >= 15 is 0 Å². The van der Waals surface area contributed by atoms with Crippen molar-refractivity contribution in [1.82, 2.24) is 10.6 Å². The van der Waals surface area contributed by atoms with Crippen molar-refractivity contribution < 1.29 is 5.11 Å². The van der Waals surface area contributed by atoms with E-state index in [-0.39, 0.29) is 6.04 Å². The third kappa shape index (κ3) is 5.00. The van der Waals surface area contributed by atoms with Gasteiger partial charge in [-0.05, 0) is 38.1 Å². The molecule has 1 aromatic rings. The van der Waals surface area contributed by atoms with Gasteiger partial charge in [-0.15, -0.1) is 11.3 Å². The van der Waals surface area contributed by atoms with Gasteiger partial charge in [-0.3, -0.25) is 4.99 Å². The first-order valence-corrected chi connectivity index (χ1v) is 8.81. The molecule has 0 aliphatic heterocycles. The largest absolute Gasteiger partial charge is 0.388 e. The average molecular weight is 309 g/mol. The minimum atomic E-state index is -0.604. The van der Waals surface area contributed by atoms with Crippen LogP contribution in [0, 0.1) is 0 Å². The number of guanidine groups is 1. The van der Waals surface area contributed by atoms with Crippen LogP contribution in [0.4, 0.5) is 0 Å². The molecule has 1 fully saturated rings. The smallest absolute Gasteiger partial charge is 0.191 e. The molecule has 0 aromatic carbocycles. The topological polar surface area (TPSA) is 56.7 Å². The van der Waals surface area contributed by atoms with Crippen molar-refractivity contribution in [2.75, 3.05) is 13.1 Å². The van der Waals surface area contributed by atoms with Crippen molar-refractivity contribution in [3.05, 3.63) is 22.4 Å². The third-order valence-corrected chi connectivity index (χ3v) is 5.04. The molecule has 3 N–H and O–H groups in total. The lowest BCUT2D eigenvalue weighted by molar-refractivity contribution is 0.0131. The summed E-state index contributed by atoms with van der Waals surface area (Å²) in [7, 11) is 0. The van der Waals surface area contributed by atoms with E-state index in [9.17, 15) is 5.11 Å². The van der Waals surface area contributed by atoms with Crippen LogP contribution in [-0.2, 0) is 0 Å². The summed E-state index contributed by atoms with van der Waals surface area (Å²) in [4.78, 5) is 5.90. The van der Waals surface area contributed by atoms with Crippen LogP contribution >= 0.6 is 11.3 Å². The van der Waals surface area contributed by atoms with Crippen LogP contribution in [0.25, 0.3) is 0 Å². The number of thiophene rings is 1. The minimum Gasteiger partial charge on any atom is -0.388 e. The molecule has 2 rings (SSSR count). The van der Waals surface area contributed by atoms with Crippen molar-refractivity contribution in [2.24, 2.45) is 4.99 Å². The van der Waals surface area contributed by atoms with Crippen molar-refractivity contribution in [3.63, 3.8) is 0 Å². The molecule has 0 amide bonds. The van der Waals surface area contributed by atoms with Gasteiger partial charge in [-0.1, -0.05) is 25.3 Å². The number of nitrogens with zero attached hydrogens (tertiary/aromatic N) is 1. The van der Waals surface area contributed by atoms with Gasteiger partial charge in [-0.25, -0.2) is 0 Å². The number of aliphatic hydroxyl groups is 1.